The maximum atomic E-state index is 11.7. The molecule has 2 N–H and O–H groups in total. The van der Waals surface area contributed by atoms with E-state index in [-0.39, 0.29) is 18.1 Å². The third kappa shape index (κ3) is 3.29. The van der Waals surface area contributed by atoms with Gasteiger partial charge in [-0.2, -0.15) is 11.8 Å². The lowest BCUT2D eigenvalue weighted by Gasteiger charge is -2.11. The molecule has 98 valence electrons. The Bertz CT molecular complexity index is 438. The van der Waals surface area contributed by atoms with Gasteiger partial charge in [-0.25, -0.2) is 4.79 Å². The quantitative estimate of drug-likeness (QED) is 0.841. The van der Waals surface area contributed by atoms with Gasteiger partial charge in [-0.15, -0.1) is 0 Å². The summed E-state index contributed by atoms with van der Waals surface area (Å²) in [4.78, 5) is 22.6. The summed E-state index contributed by atoms with van der Waals surface area (Å²) < 4.78 is 1.44. The van der Waals surface area contributed by atoms with E-state index < -0.39 is 5.97 Å². The van der Waals surface area contributed by atoms with Gasteiger partial charge < -0.3 is 15.0 Å². The zero-order chi connectivity index (χ0) is 13.0. The molecule has 1 unspecified atom stereocenters. The molecule has 1 atom stereocenters. The normalized spacial score (nSPS) is 18.8. The Morgan fingerprint density at radius 3 is 3.06 bits per heavy atom. The van der Waals surface area contributed by atoms with Gasteiger partial charge in [0.25, 0.3) is 0 Å². The van der Waals surface area contributed by atoms with E-state index in [0.29, 0.717) is 11.8 Å². The number of amides is 1. The highest BCUT2D eigenvalue weighted by atomic mass is 32.2. The number of hydrogen-bond acceptors (Lipinski definition) is 3. The van der Waals surface area contributed by atoms with Crippen LogP contribution in [0.25, 0.3) is 0 Å². The van der Waals surface area contributed by atoms with Crippen LogP contribution >= 0.6 is 11.8 Å². The van der Waals surface area contributed by atoms with Crippen LogP contribution < -0.4 is 5.32 Å². The van der Waals surface area contributed by atoms with Crippen molar-refractivity contribution < 1.29 is 14.7 Å². The highest BCUT2D eigenvalue weighted by molar-refractivity contribution is 8.00. The van der Waals surface area contributed by atoms with E-state index in [2.05, 4.69) is 5.32 Å². The molecular formula is C12H16N2O3S. The van der Waals surface area contributed by atoms with Crippen molar-refractivity contribution in [3.05, 3.63) is 24.0 Å². The van der Waals surface area contributed by atoms with Gasteiger partial charge in [0.15, 0.2) is 0 Å². The molecule has 1 aliphatic heterocycles. The average molecular weight is 268 g/mol. The van der Waals surface area contributed by atoms with Crippen LogP contribution in [0.4, 0.5) is 0 Å². The molecule has 0 bridgehead atoms. The SMILES string of the molecule is O=C(Cn1cccc1C(=O)O)NCC1CCCS1. The molecule has 1 saturated heterocycles. The molecule has 0 radical (unpaired) electrons. The van der Waals surface area contributed by atoms with Gasteiger partial charge in [0.05, 0.1) is 0 Å². The first-order chi connectivity index (χ1) is 8.66. The lowest BCUT2D eigenvalue weighted by atomic mass is 10.2. The molecule has 0 aromatic carbocycles. The Hall–Kier alpha value is -1.43. The highest BCUT2D eigenvalue weighted by Crippen LogP contribution is 2.25. The number of nitrogens with one attached hydrogen (secondary N) is 1. The molecule has 6 heteroatoms. The first-order valence-corrected chi connectivity index (χ1v) is 6.98. The van der Waals surface area contributed by atoms with Crippen molar-refractivity contribution in [2.24, 2.45) is 0 Å². The molecule has 5 nitrogen and oxygen atoms in total. The second-order valence-corrected chi connectivity index (χ2v) is 5.67. The van der Waals surface area contributed by atoms with Gasteiger partial charge in [0.2, 0.25) is 5.91 Å². The fourth-order valence-corrected chi connectivity index (χ4v) is 3.19. The van der Waals surface area contributed by atoms with E-state index in [1.54, 1.807) is 12.3 Å². The van der Waals surface area contributed by atoms with E-state index >= 15 is 0 Å². The second-order valence-electron chi connectivity index (χ2n) is 4.27. The number of aromatic nitrogens is 1. The zero-order valence-corrected chi connectivity index (χ0v) is 10.8. The molecule has 1 aromatic rings. The first kappa shape index (κ1) is 13.0. The zero-order valence-electron chi connectivity index (χ0n) is 9.96. The third-order valence-corrected chi connectivity index (χ3v) is 4.31. The number of carboxylic acids is 1. The summed E-state index contributed by atoms with van der Waals surface area (Å²) in [5.74, 6) is 0.0155. The van der Waals surface area contributed by atoms with E-state index in [1.165, 1.54) is 22.8 Å². The van der Waals surface area contributed by atoms with Crippen LogP contribution in [-0.2, 0) is 11.3 Å². The van der Waals surface area contributed by atoms with Gasteiger partial charge in [0.1, 0.15) is 12.2 Å². The van der Waals surface area contributed by atoms with Crippen LogP contribution in [0, 0.1) is 0 Å². The highest BCUT2D eigenvalue weighted by Gasteiger charge is 2.17. The van der Waals surface area contributed by atoms with E-state index in [4.69, 9.17) is 5.11 Å². The molecule has 0 saturated carbocycles. The summed E-state index contributed by atoms with van der Waals surface area (Å²) in [7, 11) is 0. The van der Waals surface area contributed by atoms with Gasteiger partial charge in [-0.1, -0.05) is 0 Å². The Kier molecular flexibility index (Phi) is 4.30. The predicted octanol–water partition coefficient (Wildman–Crippen LogP) is 1.20. The van der Waals surface area contributed by atoms with Crippen molar-refractivity contribution in [3.8, 4) is 0 Å². The van der Waals surface area contributed by atoms with Crippen molar-refractivity contribution >= 4 is 23.6 Å². The average Bonchev–Trinajstić information content (AvgIpc) is 2.96. The van der Waals surface area contributed by atoms with Crippen molar-refractivity contribution in [1.29, 1.82) is 0 Å². The van der Waals surface area contributed by atoms with Gasteiger partial charge in [-0.05, 0) is 30.7 Å². The monoisotopic (exact) mass is 268 g/mol. The molecule has 0 spiro atoms. The molecule has 1 aromatic heterocycles. The van der Waals surface area contributed by atoms with Crippen molar-refractivity contribution in [2.45, 2.75) is 24.6 Å². The minimum absolute atomic E-state index is 0.0615. The van der Waals surface area contributed by atoms with Crippen molar-refractivity contribution in [2.75, 3.05) is 12.3 Å². The number of carboxylic acid groups (broad SMARTS) is 1. The number of carbonyl (C=O) groups excluding carboxylic acids is 1. The first-order valence-electron chi connectivity index (χ1n) is 5.93. The summed E-state index contributed by atoms with van der Waals surface area (Å²) in [6, 6.07) is 3.12. The van der Waals surface area contributed by atoms with E-state index in [1.807, 2.05) is 11.8 Å². The largest absolute Gasteiger partial charge is 0.477 e. The number of hydrogen-bond donors (Lipinski definition) is 2. The fraction of sp³-hybridized carbons (Fsp3) is 0.500. The molecular weight excluding hydrogens is 252 g/mol. The Morgan fingerprint density at radius 1 is 1.56 bits per heavy atom. The molecule has 1 amide bonds. The van der Waals surface area contributed by atoms with Crippen LogP contribution in [0.3, 0.4) is 0 Å². The minimum atomic E-state index is -1.01. The molecule has 2 heterocycles. The smallest absolute Gasteiger partial charge is 0.352 e. The summed E-state index contributed by atoms with van der Waals surface area (Å²) >= 11 is 1.88. The van der Waals surface area contributed by atoms with Crippen LogP contribution in [-0.4, -0.2) is 39.1 Å². The topological polar surface area (TPSA) is 71.3 Å². The van der Waals surface area contributed by atoms with Crippen LogP contribution in [0.1, 0.15) is 23.3 Å². The third-order valence-electron chi connectivity index (χ3n) is 2.91. The van der Waals surface area contributed by atoms with E-state index in [9.17, 15) is 9.59 Å². The lowest BCUT2D eigenvalue weighted by Crippen LogP contribution is -2.33. The maximum absolute atomic E-state index is 11.7. The molecule has 18 heavy (non-hydrogen) atoms. The van der Waals surface area contributed by atoms with Crippen LogP contribution in [0.5, 0.6) is 0 Å². The Morgan fingerprint density at radius 2 is 2.39 bits per heavy atom. The van der Waals surface area contributed by atoms with Crippen LogP contribution in [0.2, 0.25) is 0 Å². The predicted molar refractivity (Wildman–Crippen MR) is 69.9 cm³/mol. The standard InChI is InChI=1S/C12H16N2O3S/c15-11(13-7-9-3-2-6-18-9)8-14-5-1-4-10(14)12(16)17/h1,4-5,9H,2-3,6-8H2,(H,13,15)(H,16,17). The Labute approximate surface area is 110 Å². The van der Waals surface area contributed by atoms with Crippen molar-refractivity contribution in [1.82, 2.24) is 9.88 Å². The summed E-state index contributed by atoms with van der Waals surface area (Å²) in [6.07, 6.45) is 3.97. The minimum Gasteiger partial charge on any atom is -0.477 e. The molecule has 1 fully saturated rings. The summed E-state index contributed by atoms with van der Waals surface area (Å²) in [5, 5.41) is 12.3. The maximum Gasteiger partial charge on any atom is 0.352 e. The van der Waals surface area contributed by atoms with Crippen molar-refractivity contribution in [3.63, 3.8) is 0 Å². The lowest BCUT2D eigenvalue weighted by molar-refractivity contribution is -0.121. The number of nitrogens with zero attached hydrogens (tertiary/aromatic N) is 1. The van der Waals surface area contributed by atoms with Crippen LogP contribution in [0.15, 0.2) is 18.3 Å². The van der Waals surface area contributed by atoms with Gasteiger partial charge >= 0.3 is 5.97 Å². The number of thioether (sulfide) groups is 1. The Balaban J connectivity index is 1.82. The molecule has 2 rings (SSSR count). The van der Waals surface area contributed by atoms with Gasteiger partial charge in [-0.3, -0.25) is 4.79 Å². The fourth-order valence-electron chi connectivity index (χ4n) is 1.99. The van der Waals surface area contributed by atoms with E-state index in [0.717, 1.165) is 6.42 Å². The molecule has 1 aliphatic rings. The van der Waals surface area contributed by atoms with Gasteiger partial charge in [0, 0.05) is 18.0 Å². The summed E-state index contributed by atoms with van der Waals surface area (Å²) in [5.41, 5.74) is 0.139. The second kappa shape index (κ2) is 5.95. The summed E-state index contributed by atoms with van der Waals surface area (Å²) in [6.45, 7) is 0.735. The number of rotatable bonds is 5. The number of carbonyl (C=O) groups is 2. The number of aromatic carboxylic acids is 1. The molecule has 0 aliphatic carbocycles.